The predicted octanol–water partition coefficient (Wildman–Crippen LogP) is 4.70. The van der Waals surface area contributed by atoms with Crippen LogP contribution in [0.4, 0.5) is 32.0 Å². The highest BCUT2D eigenvalue weighted by atomic mass is 35.5. The standard InChI is InChI=1S/C15H10Cl2F6N4O3S/c1-3-30-13-12(31(28,29)15(21,22)23)10(6-24)27(25-2)26(13)11-8(16)4-7(5-9(11)17)14(18,19)20/h4-5,13H,2-3H2,1H3. The van der Waals surface area contributed by atoms with Gasteiger partial charge in [0.05, 0.1) is 15.6 Å². The fourth-order valence-electron chi connectivity index (χ4n) is 2.62. The highest BCUT2D eigenvalue weighted by molar-refractivity contribution is 7.96. The number of hydrazine groups is 1. The summed E-state index contributed by atoms with van der Waals surface area (Å²) in [6, 6.07) is 2.08. The smallest absolute Gasteiger partial charge is 0.352 e. The lowest BCUT2D eigenvalue weighted by molar-refractivity contribution is -0.137. The molecule has 1 unspecified atom stereocenters. The minimum Gasteiger partial charge on any atom is -0.352 e. The Morgan fingerprint density at radius 3 is 2.10 bits per heavy atom. The van der Waals surface area contributed by atoms with Gasteiger partial charge in [0.15, 0.2) is 11.9 Å². The minimum absolute atomic E-state index is 0.305. The molecule has 1 atom stereocenters. The number of nitrogens with zero attached hydrogens (tertiary/aromatic N) is 4. The first-order valence-electron chi connectivity index (χ1n) is 7.82. The highest BCUT2D eigenvalue weighted by Gasteiger charge is 2.57. The number of allylic oxidation sites excluding steroid dienone is 1. The predicted molar refractivity (Wildman–Crippen MR) is 98.4 cm³/mol. The van der Waals surface area contributed by atoms with Crippen LogP contribution in [0.2, 0.25) is 10.0 Å². The van der Waals surface area contributed by atoms with Gasteiger partial charge in [-0.3, -0.25) is 0 Å². The number of hydrogen-bond acceptors (Lipinski definition) is 7. The SMILES string of the molecule is C=NN1C(C#N)=C(S(=O)(=O)C(F)(F)F)C(OCC)N1c1c(Cl)cc(C(F)(F)F)cc1Cl. The number of benzene rings is 1. The first-order chi connectivity index (χ1) is 14.1. The molecule has 0 N–H and O–H groups in total. The van der Waals surface area contributed by atoms with E-state index in [1.54, 1.807) is 0 Å². The van der Waals surface area contributed by atoms with Crippen molar-refractivity contribution in [2.24, 2.45) is 5.10 Å². The summed E-state index contributed by atoms with van der Waals surface area (Å²) in [5.41, 5.74) is -8.87. The molecule has 31 heavy (non-hydrogen) atoms. The van der Waals surface area contributed by atoms with Gasteiger partial charge in [0.25, 0.3) is 9.84 Å². The van der Waals surface area contributed by atoms with E-state index in [1.807, 2.05) is 0 Å². The molecule has 1 heterocycles. The first-order valence-corrected chi connectivity index (χ1v) is 10.1. The third-order valence-electron chi connectivity index (χ3n) is 3.82. The van der Waals surface area contributed by atoms with Gasteiger partial charge in [-0.05, 0) is 19.1 Å². The molecule has 0 bridgehead atoms. The van der Waals surface area contributed by atoms with Crippen molar-refractivity contribution in [3.8, 4) is 6.07 Å². The Labute approximate surface area is 181 Å². The van der Waals surface area contributed by atoms with Gasteiger partial charge in [-0.15, -0.1) is 0 Å². The number of hydrazone groups is 1. The Morgan fingerprint density at radius 2 is 1.74 bits per heavy atom. The number of hydrogen-bond donors (Lipinski definition) is 0. The lowest BCUT2D eigenvalue weighted by atomic mass is 10.2. The van der Waals surface area contributed by atoms with Gasteiger partial charge in [-0.2, -0.15) is 41.8 Å². The lowest BCUT2D eigenvalue weighted by Crippen LogP contribution is -2.43. The molecule has 0 radical (unpaired) electrons. The van der Waals surface area contributed by atoms with Crippen molar-refractivity contribution in [1.82, 2.24) is 5.12 Å². The van der Waals surface area contributed by atoms with Gasteiger partial charge in [0, 0.05) is 13.3 Å². The molecule has 2 rings (SSSR count). The quantitative estimate of drug-likeness (QED) is 0.421. The maximum atomic E-state index is 13.3. The van der Waals surface area contributed by atoms with Crippen molar-refractivity contribution in [2.75, 3.05) is 11.6 Å². The zero-order valence-electron chi connectivity index (χ0n) is 15.1. The maximum absolute atomic E-state index is 13.3. The molecule has 0 fully saturated rings. The summed E-state index contributed by atoms with van der Waals surface area (Å²) in [5, 5.41) is 12.0. The van der Waals surface area contributed by atoms with E-state index in [2.05, 4.69) is 11.8 Å². The molecule has 0 aromatic heterocycles. The molecule has 0 amide bonds. The number of halogens is 8. The zero-order chi connectivity index (χ0) is 23.9. The minimum atomic E-state index is -6.15. The molecular weight excluding hydrogens is 501 g/mol. The Balaban J connectivity index is 2.85. The Bertz CT molecular complexity index is 1060. The van der Waals surface area contributed by atoms with Crippen LogP contribution in [0.15, 0.2) is 27.8 Å². The van der Waals surface area contributed by atoms with E-state index in [1.165, 1.54) is 13.0 Å². The van der Waals surface area contributed by atoms with Crippen LogP contribution in [-0.4, -0.2) is 38.6 Å². The molecule has 1 aromatic rings. The van der Waals surface area contributed by atoms with Crippen LogP contribution < -0.4 is 5.01 Å². The average molecular weight is 511 g/mol. The summed E-state index contributed by atoms with van der Waals surface area (Å²) >= 11 is 11.8. The molecule has 7 nitrogen and oxygen atoms in total. The van der Waals surface area contributed by atoms with Gasteiger partial charge in [-0.1, -0.05) is 23.2 Å². The van der Waals surface area contributed by atoms with Crippen LogP contribution in [0.3, 0.4) is 0 Å². The number of sulfone groups is 1. The summed E-state index contributed by atoms with van der Waals surface area (Å²) in [4.78, 5) is -1.55. The Morgan fingerprint density at radius 1 is 1.23 bits per heavy atom. The van der Waals surface area contributed by atoms with Gasteiger partial charge in [0.1, 0.15) is 16.7 Å². The Hall–Kier alpha value is -2.21. The van der Waals surface area contributed by atoms with Crippen molar-refractivity contribution >= 4 is 45.4 Å². The monoisotopic (exact) mass is 510 g/mol. The van der Waals surface area contributed by atoms with Crippen molar-refractivity contribution in [3.05, 3.63) is 38.3 Å². The van der Waals surface area contributed by atoms with E-state index in [-0.39, 0.29) is 6.61 Å². The normalized spacial score (nSPS) is 17.9. The summed E-state index contributed by atoms with van der Waals surface area (Å²) in [5.74, 6) is 0. The van der Waals surface area contributed by atoms with E-state index in [0.29, 0.717) is 22.3 Å². The van der Waals surface area contributed by atoms with Crippen molar-refractivity contribution in [1.29, 1.82) is 5.26 Å². The largest absolute Gasteiger partial charge is 0.501 e. The van der Waals surface area contributed by atoms with E-state index >= 15 is 0 Å². The molecule has 0 saturated heterocycles. The zero-order valence-corrected chi connectivity index (χ0v) is 17.4. The summed E-state index contributed by atoms with van der Waals surface area (Å²) in [6.45, 7) is 3.97. The molecule has 0 aliphatic carbocycles. The molecule has 0 saturated carbocycles. The van der Waals surface area contributed by atoms with Crippen LogP contribution in [0.25, 0.3) is 0 Å². The van der Waals surface area contributed by atoms with Crippen molar-refractivity contribution < 1.29 is 39.5 Å². The topological polar surface area (TPSA) is 86.0 Å². The number of rotatable bonds is 5. The second-order valence-corrected chi connectivity index (χ2v) is 8.37. The van der Waals surface area contributed by atoms with Crippen LogP contribution in [0.5, 0.6) is 0 Å². The van der Waals surface area contributed by atoms with Crippen LogP contribution in [-0.2, 0) is 20.8 Å². The second kappa shape index (κ2) is 8.38. The highest BCUT2D eigenvalue weighted by Crippen LogP contribution is 2.47. The fraction of sp³-hybridized carbons (Fsp3) is 0.333. The molecule has 16 heteroatoms. The molecule has 1 aliphatic heterocycles. The Kier molecular flexibility index (Phi) is 6.77. The second-order valence-electron chi connectivity index (χ2n) is 5.64. The summed E-state index contributed by atoms with van der Waals surface area (Å²) < 4.78 is 108. The first kappa shape index (κ1) is 25.1. The van der Waals surface area contributed by atoms with E-state index in [9.17, 15) is 40.0 Å². The number of nitriles is 1. The van der Waals surface area contributed by atoms with E-state index in [4.69, 9.17) is 27.9 Å². The molecule has 1 aromatic carbocycles. The van der Waals surface area contributed by atoms with Gasteiger partial charge in [-0.25, -0.2) is 13.4 Å². The maximum Gasteiger partial charge on any atom is 0.501 e. The molecule has 0 spiro atoms. The molecular formula is C15H10Cl2F6N4O3S. The van der Waals surface area contributed by atoms with Crippen LogP contribution in [0.1, 0.15) is 12.5 Å². The number of ether oxygens (including phenoxy) is 1. The summed E-state index contributed by atoms with van der Waals surface area (Å²) in [6.07, 6.45) is -7.06. The van der Waals surface area contributed by atoms with Crippen LogP contribution >= 0.6 is 23.2 Å². The van der Waals surface area contributed by atoms with Crippen molar-refractivity contribution in [2.45, 2.75) is 24.8 Å². The molecule has 1 aliphatic rings. The third kappa shape index (κ3) is 4.27. The van der Waals surface area contributed by atoms with Crippen molar-refractivity contribution in [3.63, 3.8) is 0 Å². The van der Waals surface area contributed by atoms with Crippen LogP contribution in [0, 0.1) is 11.3 Å². The molecule has 170 valence electrons. The third-order valence-corrected chi connectivity index (χ3v) is 5.98. The van der Waals surface area contributed by atoms with Gasteiger partial charge >= 0.3 is 11.7 Å². The van der Waals surface area contributed by atoms with Gasteiger partial charge in [0.2, 0.25) is 0 Å². The average Bonchev–Trinajstić information content (AvgIpc) is 2.93. The number of anilines is 1. The lowest BCUT2D eigenvalue weighted by Gasteiger charge is -2.33. The van der Waals surface area contributed by atoms with Gasteiger partial charge < -0.3 is 4.74 Å². The fourth-order valence-corrected chi connectivity index (χ4v) is 4.35. The summed E-state index contributed by atoms with van der Waals surface area (Å²) in [7, 11) is -6.15. The van der Waals surface area contributed by atoms with E-state index in [0.717, 1.165) is 0 Å². The van der Waals surface area contributed by atoms with E-state index < -0.39 is 59.6 Å². The number of alkyl halides is 6.